The van der Waals surface area contributed by atoms with Gasteiger partial charge in [-0.15, -0.1) is 11.3 Å². The molecule has 9 heteroatoms. The molecule has 3 heterocycles. The first kappa shape index (κ1) is 18.8. The van der Waals surface area contributed by atoms with Gasteiger partial charge in [-0.2, -0.15) is 5.10 Å². The number of thiophene rings is 1. The molecule has 1 aliphatic carbocycles. The zero-order valence-corrected chi connectivity index (χ0v) is 17.8. The number of anilines is 2. The van der Waals surface area contributed by atoms with Gasteiger partial charge in [0.05, 0.1) is 35.3 Å². The number of fused-ring (bicyclic) bond motifs is 4. The van der Waals surface area contributed by atoms with Gasteiger partial charge in [0.2, 0.25) is 5.91 Å². The lowest BCUT2D eigenvalue weighted by atomic mass is 9.75. The summed E-state index contributed by atoms with van der Waals surface area (Å²) in [7, 11) is 3.34. The Balaban J connectivity index is 1.58. The molecule has 0 unspecified atom stereocenters. The Morgan fingerprint density at radius 2 is 2.20 bits per heavy atom. The minimum atomic E-state index is -0.390. The maximum Gasteiger partial charge on any atom is 0.226 e. The standard InChI is InChI=1S/C21H22N6O2S/c1-21(20(28)22-2)5-4-12-16(8-21)30-19-17(12)18(23-10-24-19)26-14-6-11-9-25-27-13(11)7-15(14)29-3/h6-7,9-10H,4-5,8H2,1-3H3,(H,22,28)(H,25,27)(H,23,24,26)/t21-/m1/s1. The van der Waals surface area contributed by atoms with Gasteiger partial charge >= 0.3 is 0 Å². The molecule has 4 aromatic rings. The fraction of sp³-hybridized carbons (Fsp3) is 0.333. The lowest BCUT2D eigenvalue weighted by Crippen LogP contribution is -2.40. The number of amides is 1. The lowest BCUT2D eigenvalue weighted by molar-refractivity contribution is -0.130. The maximum atomic E-state index is 12.4. The van der Waals surface area contributed by atoms with Crippen molar-refractivity contribution >= 4 is 49.9 Å². The number of carbonyl (C=O) groups is 1. The number of hydrogen-bond acceptors (Lipinski definition) is 7. The number of methoxy groups -OCH3 is 1. The van der Waals surface area contributed by atoms with Crippen molar-refractivity contribution in [3.63, 3.8) is 0 Å². The second kappa shape index (κ2) is 6.94. The fourth-order valence-electron chi connectivity index (χ4n) is 4.24. The molecule has 3 N–H and O–H groups in total. The number of aromatic nitrogens is 4. The van der Waals surface area contributed by atoms with Crippen LogP contribution in [0.4, 0.5) is 11.5 Å². The molecular formula is C21H22N6O2S. The van der Waals surface area contributed by atoms with E-state index in [9.17, 15) is 4.79 Å². The summed E-state index contributed by atoms with van der Waals surface area (Å²) in [5, 5.41) is 15.3. The van der Waals surface area contributed by atoms with E-state index in [2.05, 4.69) is 30.8 Å². The molecule has 0 fully saturated rings. The molecule has 3 aromatic heterocycles. The molecule has 8 nitrogen and oxygen atoms in total. The van der Waals surface area contributed by atoms with Crippen molar-refractivity contribution in [2.75, 3.05) is 19.5 Å². The summed E-state index contributed by atoms with van der Waals surface area (Å²) in [6, 6.07) is 3.91. The van der Waals surface area contributed by atoms with Crippen molar-refractivity contribution < 1.29 is 9.53 Å². The zero-order chi connectivity index (χ0) is 20.9. The molecule has 0 aliphatic heterocycles. The van der Waals surface area contributed by atoms with Crippen LogP contribution >= 0.6 is 11.3 Å². The van der Waals surface area contributed by atoms with Gasteiger partial charge < -0.3 is 15.4 Å². The number of aryl methyl sites for hydroxylation is 1. The van der Waals surface area contributed by atoms with Crippen LogP contribution < -0.4 is 15.4 Å². The van der Waals surface area contributed by atoms with E-state index >= 15 is 0 Å². The second-order valence-electron chi connectivity index (χ2n) is 7.86. The van der Waals surface area contributed by atoms with Crippen molar-refractivity contribution in [2.24, 2.45) is 5.41 Å². The first-order valence-corrected chi connectivity index (χ1v) is 10.6. The predicted molar refractivity (Wildman–Crippen MR) is 118 cm³/mol. The third-order valence-electron chi connectivity index (χ3n) is 5.94. The largest absolute Gasteiger partial charge is 0.494 e. The van der Waals surface area contributed by atoms with Gasteiger partial charge in [-0.05, 0) is 30.9 Å². The number of benzene rings is 1. The molecule has 1 aliphatic rings. The zero-order valence-electron chi connectivity index (χ0n) is 17.0. The van der Waals surface area contributed by atoms with Crippen LogP contribution in [0, 0.1) is 5.41 Å². The minimum absolute atomic E-state index is 0.0909. The number of nitrogens with zero attached hydrogens (tertiary/aromatic N) is 3. The van der Waals surface area contributed by atoms with Crippen LogP contribution in [-0.4, -0.2) is 40.2 Å². The van der Waals surface area contributed by atoms with Gasteiger partial charge in [0.25, 0.3) is 0 Å². The molecule has 0 saturated carbocycles. The second-order valence-corrected chi connectivity index (χ2v) is 8.94. The number of ether oxygens (including phenoxy) is 1. The van der Waals surface area contributed by atoms with Crippen molar-refractivity contribution in [2.45, 2.75) is 26.2 Å². The average Bonchev–Trinajstić information content (AvgIpc) is 3.35. The summed E-state index contributed by atoms with van der Waals surface area (Å²) in [5.41, 5.74) is 2.57. The van der Waals surface area contributed by atoms with Gasteiger partial charge in [-0.25, -0.2) is 9.97 Å². The summed E-state index contributed by atoms with van der Waals surface area (Å²) < 4.78 is 5.57. The SMILES string of the molecule is CNC(=O)[C@]1(C)CCc2c(sc3ncnc(Nc4cc5cn[nH]c5cc4OC)c23)C1. The van der Waals surface area contributed by atoms with Crippen molar-refractivity contribution in [1.29, 1.82) is 0 Å². The number of aromatic amines is 1. The molecular weight excluding hydrogens is 400 g/mol. The van der Waals surface area contributed by atoms with E-state index in [0.29, 0.717) is 12.2 Å². The Morgan fingerprint density at radius 3 is 3.00 bits per heavy atom. The minimum Gasteiger partial charge on any atom is -0.494 e. The van der Waals surface area contributed by atoms with E-state index in [4.69, 9.17) is 4.74 Å². The quantitative estimate of drug-likeness (QED) is 0.464. The van der Waals surface area contributed by atoms with Gasteiger partial charge in [0.15, 0.2) is 0 Å². The molecule has 0 saturated heterocycles. The van der Waals surface area contributed by atoms with E-state index in [0.717, 1.165) is 45.5 Å². The highest BCUT2D eigenvalue weighted by molar-refractivity contribution is 7.19. The van der Waals surface area contributed by atoms with Crippen molar-refractivity contribution in [1.82, 2.24) is 25.5 Å². The maximum absolute atomic E-state index is 12.4. The number of rotatable bonds is 4. The Labute approximate surface area is 177 Å². The molecule has 5 rings (SSSR count). The van der Waals surface area contributed by atoms with Crippen LogP contribution in [-0.2, 0) is 17.6 Å². The van der Waals surface area contributed by atoms with E-state index in [1.54, 1.807) is 38.0 Å². The van der Waals surface area contributed by atoms with E-state index in [-0.39, 0.29) is 11.3 Å². The summed E-state index contributed by atoms with van der Waals surface area (Å²) in [6.45, 7) is 2.04. The third-order valence-corrected chi connectivity index (χ3v) is 7.08. The van der Waals surface area contributed by atoms with Crippen LogP contribution in [0.5, 0.6) is 5.75 Å². The molecule has 0 radical (unpaired) electrons. The van der Waals surface area contributed by atoms with Crippen LogP contribution in [0.15, 0.2) is 24.7 Å². The van der Waals surface area contributed by atoms with E-state index in [1.807, 2.05) is 19.1 Å². The summed E-state index contributed by atoms with van der Waals surface area (Å²) in [5.74, 6) is 1.55. The van der Waals surface area contributed by atoms with Crippen LogP contribution in [0.2, 0.25) is 0 Å². The van der Waals surface area contributed by atoms with Gasteiger partial charge in [0, 0.05) is 23.4 Å². The first-order chi connectivity index (χ1) is 14.5. The summed E-state index contributed by atoms with van der Waals surface area (Å²) in [6.07, 6.45) is 5.69. The average molecular weight is 423 g/mol. The van der Waals surface area contributed by atoms with Crippen LogP contribution in [0.1, 0.15) is 23.8 Å². The Morgan fingerprint density at radius 1 is 1.33 bits per heavy atom. The van der Waals surface area contributed by atoms with Crippen LogP contribution in [0.3, 0.4) is 0 Å². The molecule has 1 atom stereocenters. The molecule has 0 bridgehead atoms. The topological polar surface area (TPSA) is 105 Å². The number of hydrogen-bond donors (Lipinski definition) is 3. The summed E-state index contributed by atoms with van der Waals surface area (Å²) >= 11 is 1.65. The van der Waals surface area contributed by atoms with E-state index in [1.165, 1.54) is 10.4 Å². The number of nitrogens with one attached hydrogen (secondary N) is 3. The highest BCUT2D eigenvalue weighted by atomic mass is 32.1. The normalized spacial score (nSPS) is 18.4. The van der Waals surface area contributed by atoms with Gasteiger partial charge in [-0.1, -0.05) is 6.92 Å². The van der Waals surface area contributed by atoms with Gasteiger partial charge in [0.1, 0.15) is 22.7 Å². The predicted octanol–water partition coefficient (Wildman–Crippen LogP) is 3.56. The monoisotopic (exact) mass is 422 g/mol. The van der Waals surface area contributed by atoms with Crippen LogP contribution in [0.25, 0.3) is 21.1 Å². The molecule has 1 amide bonds. The highest BCUT2D eigenvalue weighted by Crippen LogP contribution is 2.45. The Kier molecular flexibility index (Phi) is 4.35. The molecule has 0 spiro atoms. The number of carbonyl (C=O) groups excluding carboxylic acids is 1. The number of H-pyrrole nitrogens is 1. The third kappa shape index (κ3) is 2.88. The van der Waals surface area contributed by atoms with Crippen molar-refractivity contribution in [3.8, 4) is 5.75 Å². The molecule has 1 aromatic carbocycles. The summed E-state index contributed by atoms with van der Waals surface area (Å²) in [4.78, 5) is 23.6. The van der Waals surface area contributed by atoms with Gasteiger partial charge in [-0.3, -0.25) is 9.89 Å². The smallest absolute Gasteiger partial charge is 0.226 e. The fourth-order valence-corrected chi connectivity index (χ4v) is 5.62. The lowest BCUT2D eigenvalue weighted by Gasteiger charge is -2.31. The Hall–Kier alpha value is -3.20. The molecule has 30 heavy (non-hydrogen) atoms. The van der Waals surface area contributed by atoms with E-state index < -0.39 is 0 Å². The van der Waals surface area contributed by atoms with Crippen molar-refractivity contribution in [3.05, 3.63) is 35.1 Å². The first-order valence-electron chi connectivity index (χ1n) is 9.78. The highest BCUT2D eigenvalue weighted by Gasteiger charge is 2.38. The Bertz CT molecular complexity index is 1280. The molecule has 154 valence electrons.